The van der Waals surface area contributed by atoms with Crippen LogP contribution < -0.4 is 0 Å². The van der Waals surface area contributed by atoms with Gasteiger partial charge < -0.3 is 15.1 Å². The number of aliphatic hydroxyl groups excluding tert-OH is 1. The van der Waals surface area contributed by atoms with Crippen LogP contribution in [-0.2, 0) is 4.79 Å². The van der Waals surface area contributed by atoms with Gasteiger partial charge in [-0.1, -0.05) is 0 Å². The van der Waals surface area contributed by atoms with E-state index in [0.29, 0.717) is 10.6 Å². The van der Waals surface area contributed by atoms with Gasteiger partial charge in [-0.25, -0.2) is 9.78 Å². The van der Waals surface area contributed by atoms with Crippen LogP contribution in [0.3, 0.4) is 0 Å². The number of carbonyl (C=O) groups excluding carboxylic acids is 1. The fraction of sp³-hybridized carbons (Fsp3) is 0.500. The number of hydrogen-bond donors (Lipinski definition) is 2. The first kappa shape index (κ1) is 12.0. The number of carboxylic acids is 1. The lowest BCUT2D eigenvalue weighted by molar-refractivity contribution is -0.141. The monoisotopic (exact) mass is 256 g/mol. The molecule has 17 heavy (non-hydrogen) atoms. The second-order valence-corrected chi connectivity index (χ2v) is 4.82. The Labute approximate surface area is 102 Å². The minimum absolute atomic E-state index is 0.0626. The topological polar surface area (TPSA) is 90.7 Å². The molecule has 2 atom stereocenters. The minimum atomic E-state index is -1.09. The third-order valence-corrected chi connectivity index (χ3v) is 3.68. The molecule has 1 amide bonds. The quantitative estimate of drug-likeness (QED) is 0.783. The zero-order valence-electron chi connectivity index (χ0n) is 9.16. The van der Waals surface area contributed by atoms with E-state index in [4.69, 9.17) is 5.11 Å². The zero-order chi connectivity index (χ0) is 12.6. The Kier molecular flexibility index (Phi) is 3.12. The van der Waals surface area contributed by atoms with Gasteiger partial charge in [-0.05, 0) is 6.92 Å². The van der Waals surface area contributed by atoms with Crippen LogP contribution in [0, 0.1) is 6.92 Å². The normalized spacial score (nSPS) is 24.0. The first-order chi connectivity index (χ1) is 8.00. The summed E-state index contributed by atoms with van der Waals surface area (Å²) in [6, 6.07) is -0.945. The van der Waals surface area contributed by atoms with Crippen LogP contribution in [0.4, 0.5) is 0 Å². The molecule has 0 spiro atoms. The van der Waals surface area contributed by atoms with Crippen molar-refractivity contribution in [1.82, 2.24) is 9.88 Å². The Hall–Kier alpha value is -1.47. The number of nitrogens with zero attached hydrogens (tertiary/aromatic N) is 2. The maximum Gasteiger partial charge on any atom is 0.326 e. The van der Waals surface area contributed by atoms with Crippen LogP contribution in [0.5, 0.6) is 0 Å². The molecule has 0 radical (unpaired) electrons. The number of hydrogen-bond acceptors (Lipinski definition) is 5. The van der Waals surface area contributed by atoms with Gasteiger partial charge in [-0.2, -0.15) is 0 Å². The highest BCUT2D eigenvalue weighted by Crippen LogP contribution is 2.23. The van der Waals surface area contributed by atoms with Gasteiger partial charge in [-0.15, -0.1) is 11.3 Å². The van der Waals surface area contributed by atoms with Crippen molar-refractivity contribution in [3.05, 3.63) is 16.1 Å². The molecule has 1 aromatic rings. The molecule has 0 aliphatic carbocycles. The molecule has 2 N–H and O–H groups in total. The van der Waals surface area contributed by atoms with Crippen molar-refractivity contribution in [3.8, 4) is 0 Å². The maximum absolute atomic E-state index is 12.1. The Morgan fingerprint density at radius 3 is 2.82 bits per heavy atom. The molecule has 0 unspecified atom stereocenters. The number of β-amino-alcohol motifs (C(OH)–C–C–N with tert-alkyl or cyclic N) is 1. The number of aryl methyl sites for hydroxylation is 1. The summed E-state index contributed by atoms with van der Waals surface area (Å²) in [5, 5.41) is 18.5. The van der Waals surface area contributed by atoms with Gasteiger partial charge in [0.15, 0.2) is 0 Å². The molecule has 1 fully saturated rings. The average Bonchev–Trinajstić information content (AvgIpc) is 2.83. The van der Waals surface area contributed by atoms with E-state index >= 15 is 0 Å². The fourth-order valence-corrected chi connectivity index (χ4v) is 2.67. The summed E-state index contributed by atoms with van der Waals surface area (Å²) in [7, 11) is 0. The third-order valence-electron chi connectivity index (χ3n) is 2.76. The van der Waals surface area contributed by atoms with Crippen LogP contribution in [0.1, 0.15) is 21.8 Å². The number of carboxylic acid groups (broad SMARTS) is 1. The summed E-state index contributed by atoms with van der Waals surface area (Å²) in [6.07, 6.45) is -0.688. The standard InChI is InChI=1S/C10H12N2O4S/c1-5-8(17-4-11-5)9(14)12-3-6(13)2-7(12)10(15)16/h4,6-7,13H,2-3H2,1H3,(H,15,16)/t6-,7+/m1/s1. The zero-order valence-corrected chi connectivity index (χ0v) is 9.98. The molecule has 1 aliphatic rings. The highest BCUT2D eigenvalue weighted by atomic mass is 32.1. The SMILES string of the molecule is Cc1ncsc1C(=O)N1C[C@H](O)C[C@H]1C(=O)O. The number of aliphatic hydroxyl groups is 1. The second-order valence-electron chi connectivity index (χ2n) is 3.97. The molecular formula is C10H12N2O4S. The van der Waals surface area contributed by atoms with Crippen molar-refractivity contribution >= 4 is 23.2 Å². The molecule has 0 aromatic carbocycles. The molecular weight excluding hydrogens is 244 g/mol. The summed E-state index contributed by atoms with van der Waals surface area (Å²) in [6.45, 7) is 1.76. The molecule has 1 aromatic heterocycles. The number of carbonyl (C=O) groups is 2. The lowest BCUT2D eigenvalue weighted by atomic mass is 10.2. The van der Waals surface area contributed by atoms with E-state index in [9.17, 15) is 14.7 Å². The largest absolute Gasteiger partial charge is 0.480 e. The molecule has 6 nitrogen and oxygen atoms in total. The predicted molar refractivity (Wildman–Crippen MR) is 59.9 cm³/mol. The lowest BCUT2D eigenvalue weighted by Crippen LogP contribution is -2.40. The summed E-state index contributed by atoms with van der Waals surface area (Å²) >= 11 is 1.18. The number of rotatable bonds is 2. The Morgan fingerprint density at radius 1 is 1.59 bits per heavy atom. The van der Waals surface area contributed by atoms with E-state index < -0.39 is 18.1 Å². The number of likely N-dealkylation sites (tertiary alicyclic amines) is 1. The van der Waals surface area contributed by atoms with E-state index in [1.807, 2.05) is 0 Å². The first-order valence-corrected chi connectivity index (χ1v) is 6.00. The van der Waals surface area contributed by atoms with Crippen molar-refractivity contribution in [2.24, 2.45) is 0 Å². The third kappa shape index (κ3) is 2.16. The lowest BCUT2D eigenvalue weighted by Gasteiger charge is -2.20. The Balaban J connectivity index is 2.25. The summed E-state index contributed by atoms with van der Waals surface area (Å²) < 4.78 is 0. The average molecular weight is 256 g/mol. The molecule has 2 rings (SSSR count). The number of thiazole rings is 1. The van der Waals surface area contributed by atoms with Gasteiger partial charge in [0.05, 0.1) is 17.3 Å². The number of amides is 1. The molecule has 1 aliphatic heterocycles. The van der Waals surface area contributed by atoms with E-state index in [1.165, 1.54) is 16.2 Å². The molecule has 1 saturated heterocycles. The molecule has 0 bridgehead atoms. The highest BCUT2D eigenvalue weighted by molar-refractivity contribution is 7.11. The second kappa shape index (κ2) is 4.42. The maximum atomic E-state index is 12.1. The van der Waals surface area contributed by atoms with Crippen molar-refractivity contribution < 1.29 is 19.8 Å². The van der Waals surface area contributed by atoms with E-state index in [0.717, 1.165) is 0 Å². The van der Waals surface area contributed by atoms with E-state index in [-0.39, 0.29) is 18.9 Å². The minimum Gasteiger partial charge on any atom is -0.480 e. The van der Waals surface area contributed by atoms with Gasteiger partial charge in [0.2, 0.25) is 0 Å². The Bertz CT molecular complexity index is 459. The summed E-state index contributed by atoms with van der Waals surface area (Å²) in [4.78, 5) is 28.7. The van der Waals surface area contributed by atoms with Gasteiger partial charge >= 0.3 is 5.97 Å². The summed E-state index contributed by atoms with van der Waals surface area (Å²) in [5.41, 5.74) is 2.13. The van der Waals surface area contributed by atoms with Crippen molar-refractivity contribution in [3.63, 3.8) is 0 Å². The predicted octanol–water partition coefficient (Wildman–Crippen LogP) is 0.112. The van der Waals surface area contributed by atoms with Crippen molar-refractivity contribution in [2.75, 3.05) is 6.54 Å². The van der Waals surface area contributed by atoms with Crippen LogP contribution in [0.25, 0.3) is 0 Å². The van der Waals surface area contributed by atoms with Crippen LogP contribution >= 0.6 is 11.3 Å². The van der Waals surface area contributed by atoms with Crippen molar-refractivity contribution in [2.45, 2.75) is 25.5 Å². The summed E-state index contributed by atoms with van der Waals surface area (Å²) in [5.74, 6) is -1.45. The van der Waals surface area contributed by atoms with Crippen molar-refractivity contribution in [1.29, 1.82) is 0 Å². The first-order valence-electron chi connectivity index (χ1n) is 5.12. The van der Waals surface area contributed by atoms with E-state index in [1.54, 1.807) is 12.4 Å². The molecule has 0 saturated carbocycles. The number of aromatic nitrogens is 1. The smallest absolute Gasteiger partial charge is 0.326 e. The Morgan fingerprint density at radius 2 is 2.29 bits per heavy atom. The fourth-order valence-electron chi connectivity index (χ4n) is 1.91. The van der Waals surface area contributed by atoms with Crippen LogP contribution in [-0.4, -0.2) is 50.7 Å². The number of aliphatic carboxylic acids is 1. The van der Waals surface area contributed by atoms with Gasteiger partial charge in [0, 0.05) is 13.0 Å². The molecule has 7 heteroatoms. The van der Waals surface area contributed by atoms with Crippen LogP contribution in [0.15, 0.2) is 5.51 Å². The van der Waals surface area contributed by atoms with Gasteiger partial charge in [0.25, 0.3) is 5.91 Å². The molecule has 2 heterocycles. The van der Waals surface area contributed by atoms with E-state index in [2.05, 4.69) is 4.98 Å². The molecule has 92 valence electrons. The van der Waals surface area contributed by atoms with Crippen LogP contribution in [0.2, 0.25) is 0 Å². The highest BCUT2D eigenvalue weighted by Gasteiger charge is 2.39. The van der Waals surface area contributed by atoms with Gasteiger partial charge in [0.1, 0.15) is 10.9 Å². The van der Waals surface area contributed by atoms with Gasteiger partial charge in [-0.3, -0.25) is 4.79 Å².